The maximum atomic E-state index is 9.85. The average Bonchev–Trinajstić information content (AvgIpc) is 2.94. The number of halogens is 1. The van der Waals surface area contributed by atoms with Crippen molar-refractivity contribution in [1.82, 2.24) is 0 Å². The van der Waals surface area contributed by atoms with E-state index in [1.165, 1.54) is 0 Å². The van der Waals surface area contributed by atoms with E-state index in [-0.39, 0.29) is 6.61 Å². The maximum Gasteiger partial charge on any atom is 0.129 e. The number of furan rings is 1. The molecule has 1 aromatic heterocycles. The van der Waals surface area contributed by atoms with Gasteiger partial charge in [0.2, 0.25) is 0 Å². The van der Waals surface area contributed by atoms with Gasteiger partial charge in [0.25, 0.3) is 0 Å². The molecule has 1 unspecified atom stereocenters. The van der Waals surface area contributed by atoms with Crippen molar-refractivity contribution in [2.75, 3.05) is 18.5 Å². The van der Waals surface area contributed by atoms with Gasteiger partial charge in [0, 0.05) is 17.3 Å². The highest BCUT2D eigenvalue weighted by molar-refractivity contribution is 6.31. The molecule has 0 bridgehead atoms. The fourth-order valence-corrected chi connectivity index (χ4v) is 1.95. The largest absolute Gasteiger partial charge is 0.467 e. The molecule has 2 rings (SSSR count). The van der Waals surface area contributed by atoms with Crippen LogP contribution in [0.2, 0.25) is 5.02 Å². The van der Waals surface area contributed by atoms with Gasteiger partial charge in [-0.1, -0.05) is 17.7 Å². The molecule has 1 heterocycles. The first-order valence-corrected chi connectivity index (χ1v) is 6.82. The Hall–Kier alpha value is -1.49. The van der Waals surface area contributed by atoms with Crippen LogP contribution in [0.1, 0.15) is 11.3 Å². The second-order valence-electron chi connectivity index (χ2n) is 4.54. The van der Waals surface area contributed by atoms with Crippen LogP contribution < -0.4 is 5.32 Å². The van der Waals surface area contributed by atoms with Crippen LogP contribution in [0.15, 0.2) is 41.0 Å². The predicted octanol–water partition coefficient (Wildman–Crippen LogP) is 3.23. The second-order valence-corrected chi connectivity index (χ2v) is 4.95. The molecule has 0 saturated carbocycles. The van der Waals surface area contributed by atoms with E-state index in [9.17, 15) is 5.11 Å². The average molecular weight is 296 g/mol. The van der Waals surface area contributed by atoms with Crippen LogP contribution in [0.3, 0.4) is 0 Å². The highest BCUT2D eigenvalue weighted by Gasteiger charge is 2.07. The minimum Gasteiger partial charge on any atom is -0.467 e. The van der Waals surface area contributed by atoms with Crippen molar-refractivity contribution >= 4 is 17.3 Å². The number of hydrogen-bond acceptors (Lipinski definition) is 4. The molecule has 2 N–H and O–H groups in total. The van der Waals surface area contributed by atoms with Gasteiger partial charge in [-0.25, -0.2) is 0 Å². The van der Waals surface area contributed by atoms with Crippen LogP contribution >= 0.6 is 11.6 Å². The molecule has 0 radical (unpaired) electrons. The Balaban J connectivity index is 1.72. The van der Waals surface area contributed by atoms with Gasteiger partial charge in [-0.2, -0.15) is 0 Å². The van der Waals surface area contributed by atoms with Gasteiger partial charge >= 0.3 is 0 Å². The number of aliphatic hydroxyl groups excluding tert-OH is 1. The fourth-order valence-electron chi connectivity index (χ4n) is 1.78. The van der Waals surface area contributed by atoms with Gasteiger partial charge in [0.15, 0.2) is 0 Å². The third-order valence-corrected chi connectivity index (χ3v) is 3.34. The number of rotatable bonds is 7. The summed E-state index contributed by atoms with van der Waals surface area (Å²) < 4.78 is 10.5. The molecule has 0 aliphatic carbocycles. The monoisotopic (exact) mass is 295 g/mol. The summed E-state index contributed by atoms with van der Waals surface area (Å²) in [6, 6.07) is 9.28. The number of ether oxygens (including phenoxy) is 1. The molecule has 0 fully saturated rings. The lowest BCUT2D eigenvalue weighted by atomic mass is 10.2. The highest BCUT2D eigenvalue weighted by atomic mass is 35.5. The normalized spacial score (nSPS) is 12.3. The van der Waals surface area contributed by atoms with Crippen molar-refractivity contribution in [3.8, 4) is 0 Å². The van der Waals surface area contributed by atoms with E-state index in [1.807, 2.05) is 31.2 Å². The number of hydrogen-bond donors (Lipinski definition) is 2. The van der Waals surface area contributed by atoms with Crippen molar-refractivity contribution < 1.29 is 14.3 Å². The maximum absolute atomic E-state index is 9.85. The Morgan fingerprint density at radius 2 is 2.20 bits per heavy atom. The first-order chi connectivity index (χ1) is 9.66. The summed E-state index contributed by atoms with van der Waals surface area (Å²) in [5, 5.41) is 13.7. The molecule has 108 valence electrons. The van der Waals surface area contributed by atoms with Gasteiger partial charge in [-0.3, -0.25) is 0 Å². The Labute approximate surface area is 123 Å². The van der Waals surface area contributed by atoms with Crippen molar-refractivity contribution in [1.29, 1.82) is 0 Å². The van der Waals surface area contributed by atoms with Crippen LogP contribution in [0, 0.1) is 6.92 Å². The first-order valence-electron chi connectivity index (χ1n) is 6.44. The molecule has 0 saturated heterocycles. The van der Waals surface area contributed by atoms with Crippen molar-refractivity contribution in [2.45, 2.75) is 19.6 Å². The molecule has 0 aliphatic heterocycles. The van der Waals surface area contributed by atoms with Crippen LogP contribution in [-0.4, -0.2) is 24.4 Å². The molecule has 20 heavy (non-hydrogen) atoms. The number of benzene rings is 1. The molecule has 4 nitrogen and oxygen atoms in total. The standard InChI is InChI=1S/C15H18ClNO3/c1-11-14(16)5-2-6-15(11)17-8-12(18)9-19-10-13-4-3-7-20-13/h2-7,12,17-18H,8-10H2,1H3. The molecule has 0 amide bonds. The van der Waals surface area contributed by atoms with Crippen molar-refractivity contribution in [2.24, 2.45) is 0 Å². The zero-order chi connectivity index (χ0) is 14.4. The molecule has 5 heteroatoms. The third kappa shape index (κ3) is 4.27. The number of aliphatic hydroxyl groups is 1. The molecular weight excluding hydrogens is 278 g/mol. The van der Waals surface area contributed by atoms with Gasteiger partial charge in [-0.05, 0) is 36.8 Å². The summed E-state index contributed by atoms with van der Waals surface area (Å²) in [5.41, 5.74) is 1.89. The molecule has 0 spiro atoms. The van der Waals surface area contributed by atoms with Crippen molar-refractivity contribution in [3.63, 3.8) is 0 Å². The van der Waals surface area contributed by atoms with E-state index in [1.54, 1.807) is 12.3 Å². The zero-order valence-corrected chi connectivity index (χ0v) is 12.1. The minimum atomic E-state index is -0.594. The predicted molar refractivity (Wildman–Crippen MR) is 79.0 cm³/mol. The Kier molecular flexibility index (Phi) is 5.47. The first kappa shape index (κ1) is 14.9. The van der Waals surface area contributed by atoms with Crippen LogP contribution in [-0.2, 0) is 11.3 Å². The van der Waals surface area contributed by atoms with E-state index in [2.05, 4.69) is 5.32 Å². The quantitative estimate of drug-likeness (QED) is 0.823. The van der Waals surface area contributed by atoms with Gasteiger partial charge in [0.05, 0.1) is 19.0 Å². The summed E-state index contributed by atoms with van der Waals surface area (Å²) in [4.78, 5) is 0. The second kappa shape index (κ2) is 7.33. The lowest BCUT2D eigenvalue weighted by Gasteiger charge is -2.14. The Bertz CT molecular complexity index is 528. The van der Waals surface area contributed by atoms with Crippen LogP contribution in [0.4, 0.5) is 5.69 Å². The molecule has 1 aromatic carbocycles. The molecule has 2 aromatic rings. The van der Waals surface area contributed by atoms with E-state index in [4.69, 9.17) is 20.8 Å². The topological polar surface area (TPSA) is 54.6 Å². The molecule has 0 aliphatic rings. The Morgan fingerprint density at radius 1 is 1.35 bits per heavy atom. The molecule has 1 atom stereocenters. The highest BCUT2D eigenvalue weighted by Crippen LogP contribution is 2.22. The van der Waals surface area contributed by atoms with Crippen LogP contribution in [0.25, 0.3) is 0 Å². The molecular formula is C15H18ClNO3. The fraction of sp³-hybridized carbons (Fsp3) is 0.333. The summed E-state index contributed by atoms with van der Waals surface area (Å²) in [5.74, 6) is 0.746. The zero-order valence-electron chi connectivity index (χ0n) is 11.3. The van der Waals surface area contributed by atoms with Crippen LogP contribution in [0.5, 0.6) is 0 Å². The Morgan fingerprint density at radius 3 is 2.95 bits per heavy atom. The third-order valence-electron chi connectivity index (χ3n) is 2.93. The SMILES string of the molecule is Cc1c(Cl)cccc1NCC(O)COCc1ccco1. The van der Waals surface area contributed by atoms with E-state index < -0.39 is 6.10 Å². The van der Waals surface area contributed by atoms with Gasteiger partial charge < -0.3 is 19.6 Å². The minimum absolute atomic E-state index is 0.243. The van der Waals surface area contributed by atoms with Crippen molar-refractivity contribution in [3.05, 3.63) is 52.9 Å². The summed E-state index contributed by atoms with van der Waals surface area (Å²) in [6.07, 6.45) is 1.00. The van der Waals surface area contributed by atoms with E-state index in [0.717, 1.165) is 17.0 Å². The summed E-state index contributed by atoms with van der Waals surface area (Å²) >= 11 is 6.03. The lowest BCUT2D eigenvalue weighted by Crippen LogP contribution is -2.25. The van der Waals surface area contributed by atoms with E-state index in [0.29, 0.717) is 18.2 Å². The summed E-state index contributed by atoms with van der Waals surface area (Å²) in [6.45, 7) is 2.94. The number of nitrogens with one attached hydrogen (secondary N) is 1. The van der Waals surface area contributed by atoms with Gasteiger partial charge in [-0.15, -0.1) is 0 Å². The smallest absolute Gasteiger partial charge is 0.129 e. The van der Waals surface area contributed by atoms with E-state index >= 15 is 0 Å². The van der Waals surface area contributed by atoms with Gasteiger partial charge in [0.1, 0.15) is 12.4 Å². The lowest BCUT2D eigenvalue weighted by molar-refractivity contribution is 0.0282. The summed E-state index contributed by atoms with van der Waals surface area (Å²) in [7, 11) is 0. The number of anilines is 1.